The molecule has 0 unspecified atom stereocenters. The van der Waals surface area contributed by atoms with E-state index in [1.165, 1.54) is 12.1 Å². The van der Waals surface area contributed by atoms with Gasteiger partial charge >= 0.3 is 0 Å². The molecule has 0 atom stereocenters. The number of carbonyl (C=O) groups excluding carboxylic acids is 2. The summed E-state index contributed by atoms with van der Waals surface area (Å²) in [5, 5.41) is 0. The van der Waals surface area contributed by atoms with Gasteiger partial charge in [0.1, 0.15) is 5.82 Å². The lowest BCUT2D eigenvalue weighted by Crippen LogP contribution is -2.62. The number of piperazine rings is 1. The molecule has 21 heavy (non-hydrogen) atoms. The smallest absolute Gasteiger partial charge is 0.242 e. The molecule has 1 aliphatic heterocycles. The Morgan fingerprint density at radius 1 is 1.24 bits per heavy atom. The fourth-order valence-electron chi connectivity index (χ4n) is 2.63. The average molecular weight is 292 g/mol. The normalized spacial score (nSPS) is 18.9. The maximum absolute atomic E-state index is 12.8. The Morgan fingerprint density at radius 3 is 2.48 bits per heavy atom. The summed E-state index contributed by atoms with van der Waals surface area (Å²) in [6.07, 6.45) is 0.261. The predicted molar refractivity (Wildman–Crippen MR) is 78.4 cm³/mol. The van der Waals surface area contributed by atoms with Gasteiger partial charge < -0.3 is 4.90 Å². The van der Waals surface area contributed by atoms with Crippen LogP contribution in [-0.4, -0.2) is 53.7 Å². The van der Waals surface area contributed by atoms with E-state index in [9.17, 15) is 14.0 Å². The first kappa shape index (κ1) is 15.6. The van der Waals surface area contributed by atoms with Crippen LogP contribution in [0.4, 0.5) is 4.39 Å². The summed E-state index contributed by atoms with van der Waals surface area (Å²) >= 11 is 0. The number of Topliss-reactive ketones (excluding diaryl/α,β-unsaturated/α-hetero) is 1. The molecule has 5 heteroatoms. The van der Waals surface area contributed by atoms with Crippen LogP contribution in [0.15, 0.2) is 24.3 Å². The second-order valence-corrected chi connectivity index (χ2v) is 6.05. The quantitative estimate of drug-likeness (QED) is 0.844. The molecule has 0 bridgehead atoms. The summed E-state index contributed by atoms with van der Waals surface area (Å²) in [6.45, 7) is 5.24. The van der Waals surface area contributed by atoms with Gasteiger partial charge in [-0.1, -0.05) is 12.1 Å². The number of likely N-dealkylation sites (N-methyl/N-ethyl adjacent to an activating group) is 1. The monoisotopic (exact) mass is 292 g/mol. The Morgan fingerprint density at radius 2 is 1.86 bits per heavy atom. The van der Waals surface area contributed by atoms with E-state index in [1.54, 1.807) is 24.1 Å². The van der Waals surface area contributed by atoms with Crippen molar-refractivity contribution in [2.45, 2.75) is 25.8 Å². The summed E-state index contributed by atoms with van der Waals surface area (Å²) in [6, 6.07) is 5.94. The van der Waals surface area contributed by atoms with Crippen molar-refractivity contribution in [2.24, 2.45) is 0 Å². The Kier molecular flexibility index (Phi) is 4.42. The standard InChI is InChI=1S/C16H21FN2O2/c1-16(2)15(21)18(3)8-9-19(16)11-14(20)10-12-4-6-13(17)7-5-12/h4-7H,8-11H2,1-3H3. The van der Waals surface area contributed by atoms with Crippen LogP contribution in [0.25, 0.3) is 0 Å². The average Bonchev–Trinajstić information content (AvgIpc) is 2.43. The number of rotatable bonds is 4. The molecule has 2 rings (SSSR count). The molecule has 1 aromatic carbocycles. The van der Waals surface area contributed by atoms with Gasteiger partial charge in [-0.3, -0.25) is 14.5 Å². The highest BCUT2D eigenvalue weighted by Crippen LogP contribution is 2.21. The molecule has 1 saturated heterocycles. The van der Waals surface area contributed by atoms with E-state index in [-0.39, 0.29) is 30.5 Å². The minimum Gasteiger partial charge on any atom is -0.343 e. The molecular weight excluding hydrogens is 271 g/mol. The molecule has 1 aromatic rings. The van der Waals surface area contributed by atoms with Crippen molar-refractivity contribution >= 4 is 11.7 Å². The van der Waals surface area contributed by atoms with Crippen molar-refractivity contribution in [2.75, 3.05) is 26.7 Å². The first-order chi connectivity index (χ1) is 9.80. The van der Waals surface area contributed by atoms with Crippen LogP contribution in [0.1, 0.15) is 19.4 Å². The summed E-state index contributed by atoms with van der Waals surface area (Å²) in [4.78, 5) is 28.0. The van der Waals surface area contributed by atoms with Crippen LogP contribution >= 0.6 is 0 Å². The number of hydrogen-bond donors (Lipinski definition) is 0. The maximum Gasteiger partial charge on any atom is 0.242 e. The minimum atomic E-state index is -0.661. The number of nitrogens with zero attached hydrogens (tertiary/aromatic N) is 2. The molecule has 1 heterocycles. The number of hydrogen-bond acceptors (Lipinski definition) is 3. The van der Waals surface area contributed by atoms with Crippen molar-refractivity contribution in [3.8, 4) is 0 Å². The molecule has 0 spiro atoms. The van der Waals surface area contributed by atoms with Gasteiger partial charge in [0.05, 0.1) is 12.1 Å². The lowest BCUT2D eigenvalue weighted by atomic mass is 9.96. The largest absolute Gasteiger partial charge is 0.343 e. The van der Waals surface area contributed by atoms with Crippen molar-refractivity contribution in [3.63, 3.8) is 0 Å². The van der Waals surface area contributed by atoms with E-state index in [0.717, 1.165) is 5.56 Å². The van der Waals surface area contributed by atoms with Gasteiger partial charge in [0.15, 0.2) is 5.78 Å². The van der Waals surface area contributed by atoms with E-state index in [0.29, 0.717) is 13.1 Å². The maximum atomic E-state index is 12.8. The second-order valence-electron chi connectivity index (χ2n) is 6.05. The molecule has 1 fully saturated rings. The molecule has 0 saturated carbocycles. The van der Waals surface area contributed by atoms with Gasteiger partial charge in [-0.25, -0.2) is 4.39 Å². The summed E-state index contributed by atoms with van der Waals surface area (Å²) in [5.41, 5.74) is 0.130. The van der Waals surface area contributed by atoms with Gasteiger partial charge in [0.2, 0.25) is 5.91 Å². The first-order valence-electron chi connectivity index (χ1n) is 7.07. The number of ketones is 1. The molecule has 114 valence electrons. The molecule has 0 aliphatic carbocycles. The summed E-state index contributed by atoms with van der Waals surface area (Å²) in [5.74, 6) is -0.243. The fraction of sp³-hybridized carbons (Fsp3) is 0.500. The Labute approximate surface area is 124 Å². The minimum absolute atomic E-state index is 0.0309. The molecule has 1 aliphatic rings. The number of halogens is 1. The Balaban J connectivity index is 1.99. The van der Waals surface area contributed by atoms with Crippen LogP contribution in [0, 0.1) is 5.82 Å². The number of benzene rings is 1. The number of amides is 1. The zero-order chi connectivity index (χ0) is 15.6. The van der Waals surface area contributed by atoms with E-state index >= 15 is 0 Å². The molecular formula is C16H21FN2O2. The van der Waals surface area contributed by atoms with Gasteiger partial charge in [-0.2, -0.15) is 0 Å². The molecule has 0 aromatic heterocycles. The molecule has 0 radical (unpaired) electrons. The molecule has 4 nitrogen and oxygen atoms in total. The van der Waals surface area contributed by atoms with Crippen molar-refractivity contribution in [1.29, 1.82) is 0 Å². The lowest BCUT2D eigenvalue weighted by Gasteiger charge is -2.44. The zero-order valence-electron chi connectivity index (χ0n) is 12.7. The van der Waals surface area contributed by atoms with Gasteiger partial charge in [-0.05, 0) is 31.5 Å². The fourth-order valence-corrected chi connectivity index (χ4v) is 2.63. The summed E-state index contributed by atoms with van der Waals surface area (Å²) < 4.78 is 12.8. The topological polar surface area (TPSA) is 40.6 Å². The van der Waals surface area contributed by atoms with Crippen molar-refractivity contribution < 1.29 is 14.0 Å². The van der Waals surface area contributed by atoms with Crippen molar-refractivity contribution in [3.05, 3.63) is 35.6 Å². The lowest BCUT2D eigenvalue weighted by molar-refractivity contribution is -0.148. The second kappa shape index (κ2) is 5.93. The van der Waals surface area contributed by atoms with E-state index in [4.69, 9.17) is 0 Å². The predicted octanol–water partition coefficient (Wildman–Crippen LogP) is 1.49. The highest BCUT2D eigenvalue weighted by atomic mass is 19.1. The zero-order valence-corrected chi connectivity index (χ0v) is 12.7. The van der Waals surface area contributed by atoms with Crippen LogP contribution in [0.2, 0.25) is 0 Å². The van der Waals surface area contributed by atoms with E-state index in [1.807, 2.05) is 18.7 Å². The summed E-state index contributed by atoms with van der Waals surface area (Å²) in [7, 11) is 1.78. The van der Waals surface area contributed by atoms with Crippen LogP contribution in [0.5, 0.6) is 0 Å². The van der Waals surface area contributed by atoms with Gasteiger partial charge in [-0.15, -0.1) is 0 Å². The molecule has 1 amide bonds. The molecule has 0 N–H and O–H groups in total. The van der Waals surface area contributed by atoms with Gasteiger partial charge in [0.25, 0.3) is 0 Å². The highest BCUT2D eigenvalue weighted by molar-refractivity contribution is 5.88. The Hall–Kier alpha value is -1.75. The number of carbonyl (C=O) groups is 2. The third-order valence-corrected chi connectivity index (χ3v) is 4.05. The van der Waals surface area contributed by atoms with Crippen LogP contribution in [0.3, 0.4) is 0 Å². The third kappa shape index (κ3) is 3.47. The Bertz CT molecular complexity index is 540. The SMILES string of the molecule is CN1CCN(CC(=O)Cc2ccc(F)cc2)C(C)(C)C1=O. The third-order valence-electron chi connectivity index (χ3n) is 4.05. The van der Waals surface area contributed by atoms with Gasteiger partial charge in [0, 0.05) is 26.6 Å². The van der Waals surface area contributed by atoms with E-state index in [2.05, 4.69) is 0 Å². The van der Waals surface area contributed by atoms with Crippen LogP contribution < -0.4 is 0 Å². The van der Waals surface area contributed by atoms with Crippen LogP contribution in [-0.2, 0) is 16.0 Å². The highest BCUT2D eigenvalue weighted by Gasteiger charge is 2.40. The van der Waals surface area contributed by atoms with Crippen molar-refractivity contribution in [1.82, 2.24) is 9.80 Å². The van der Waals surface area contributed by atoms with E-state index < -0.39 is 5.54 Å². The first-order valence-corrected chi connectivity index (χ1v) is 7.07.